The Balaban J connectivity index is 1.53. The van der Waals surface area contributed by atoms with E-state index in [4.69, 9.17) is 4.42 Å². The third-order valence-corrected chi connectivity index (χ3v) is 5.74. The van der Waals surface area contributed by atoms with Crippen LogP contribution in [-0.2, 0) is 4.79 Å². The molecule has 0 aliphatic carbocycles. The molecule has 0 bridgehead atoms. The van der Waals surface area contributed by atoms with E-state index < -0.39 is 0 Å². The maximum absolute atomic E-state index is 13.4. The van der Waals surface area contributed by atoms with Gasteiger partial charge in [-0.3, -0.25) is 9.69 Å². The standard InChI is InChI=1S/C27H18BrNO3/c28-21-8-6-19(7-9-21)26-15-14-24(32-26)16-20-17-25(18-4-2-1-3-5-18)29(27(20)31)22-10-12-23(30)13-11-22/h1-17,30H. The van der Waals surface area contributed by atoms with Crippen molar-refractivity contribution >= 4 is 39.3 Å². The van der Waals surface area contributed by atoms with Gasteiger partial charge in [-0.15, -0.1) is 0 Å². The van der Waals surface area contributed by atoms with Gasteiger partial charge in [-0.1, -0.05) is 58.4 Å². The Morgan fingerprint density at radius 3 is 2.25 bits per heavy atom. The topological polar surface area (TPSA) is 53.7 Å². The molecule has 1 aliphatic heterocycles. The molecule has 2 heterocycles. The molecule has 5 rings (SSSR count). The first-order chi connectivity index (χ1) is 15.6. The predicted molar refractivity (Wildman–Crippen MR) is 130 cm³/mol. The Hall–Kier alpha value is -3.83. The summed E-state index contributed by atoms with van der Waals surface area (Å²) in [7, 11) is 0. The molecule has 0 spiro atoms. The normalized spacial score (nSPS) is 14.8. The number of phenols is 1. The van der Waals surface area contributed by atoms with Crippen molar-refractivity contribution in [3.63, 3.8) is 0 Å². The van der Waals surface area contributed by atoms with E-state index in [-0.39, 0.29) is 11.7 Å². The summed E-state index contributed by atoms with van der Waals surface area (Å²) in [6.45, 7) is 0. The third-order valence-electron chi connectivity index (χ3n) is 5.21. The Labute approximate surface area is 193 Å². The highest BCUT2D eigenvalue weighted by molar-refractivity contribution is 9.10. The molecule has 1 N–H and O–H groups in total. The van der Waals surface area contributed by atoms with Gasteiger partial charge in [0, 0.05) is 21.3 Å². The van der Waals surface area contributed by atoms with Crippen LogP contribution in [-0.4, -0.2) is 11.0 Å². The van der Waals surface area contributed by atoms with E-state index >= 15 is 0 Å². The van der Waals surface area contributed by atoms with Crippen molar-refractivity contribution in [3.05, 3.63) is 118 Å². The molecular weight excluding hydrogens is 466 g/mol. The number of carbonyl (C=O) groups excluding carboxylic acids is 1. The molecule has 0 radical (unpaired) electrons. The van der Waals surface area contributed by atoms with E-state index in [1.807, 2.05) is 72.8 Å². The van der Waals surface area contributed by atoms with Gasteiger partial charge in [-0.05, 0) is 66.2 Å². The molecule has 1 aromatic heterocycles. The van der Waals surface area contributed by atoms with Crippen molar-refractivity contribution in [2.75, 3.05) is 4.90 Å². The lowest BCUT2D eigenvalue weighted by atomic mass is 10.1. The van der Waals surface area contributed by atoms with Crippen LogP contribution in [0, 0.1) is 0 Å². The van der Waals surface area contributed by atoms with E-state index in [1.165, 1.54) is 0 Å². The zero-order valence-electron chi connectivity index (χ0n) is 16.9. The molecular formula is C27H18BrNO3. The van der Waals surface area contributed by atoms with Crippen molar-refractivity contribution in [2.24, 2.45) is 0 Å². The summed E-state index contributed by atoms with van der Waals surface area (Å²) in [5, 5.41) is 9.66. The fraction of sp³-hybridized carbons (Fsp3) is 0. The van der Waals surface area contributed by atoms with Gasteiger partial charge in [-0.2, -0.15) is 0 Å². The lowest BCUT2D eigenvalue weighted by molar-refractivity contribution is -0.113. The minimum absolute atomic E-state index is 0.150. The summed E-state index contributed by atoms with van der Waals surface area (Å²) in [5.41, 5.74) is 3.86. The maximum Gasteiger partial charge on any atom is 0.263 e. The first kappa shape index (κ1) is 20.1. The maximum atomic E-state index is 13.4. The number of halogens is 1. The summed E-state index contributed by atoms with van der Waals surface area (Å²) < 4.78 is 6.99. The number of aromatic hydroxyl groups is 1. The van der Waals surface area contributed by atoms with Gasteiger partial charge in [0.1, 0.15) is 17.3 Å². The summed E-state index contributed by atoms with van der Waals surface area (Å²) in [4.78, 5) is 15.0. The number of nitrogens with zero attached hydrogens (tertiary/aromatic N) is 1. The molecule has 0 atom stereocenters. The second-order valence-electron chi connectivity index (χ2n) is 7.36. The second kappa shape index (κ2) is 8.36. The lowest BCUT2D eigenvalue weighted by Gasteiger charge is -2.20. The fourth-order valence-electron chi connectivity index (χ4n) is 3.65. The molecule has 4 nitrogen and oxygen atoms in total. The van der Waals surface area contributed by atoms with Gasteiger partial charge in [0.25, 0.3) is 5.91 Å². The van der Waals surface area contributed by atoms with E-state index in [0.717, 1.165) is 27.1 Å². The van der Waals surface area contributed by atoms with Gasteiger partial charge >= 0.3 is 0 Å². The largest absolute Gasteiger partial charge is 0.508 e. The second-order valence-corrected chi connectivity index (χ2v) is 8.28. The van der Waals surface area contributed by atoms with Crippen molar-refractivity contribution in [1.29, 1.82) is 0 Å². The molecule has 156 valence electrons. The lowest BCUT2D eigenvalue weighted by Crippen LogP contribution is -2.24. The molecule has 3 aromatic carbocycles. The summed E-state index contributed by atoms with van der Waals surface area (Å²) in [6, 6.07) is 28.0. The Morgan fingerprint density at radius 2 is 1.53 bits per heavy atom. The molecule has 0 saturated heterocycles. The highest BCUT2D eigenvalue weighted by atomic mass is 79.9. The number of carbonyl (C=O) groups is 1. The number of amides is 1. The number of hydrogen-bond donors (Lipinski definition) is 1. The number of benzene rings is 3. The number of furan rings is 1. The minimum Gasteiger partial charge on any atom is -0.508 e. The summed E-state index contributed by atoms with van der Waals surface area (Å²) >= 11 is 3.44. The third kappa shape index (κ3) is 3.90. The summed E-state index contributed by atoms with van der Waals surface area (Å²) in [5.74, 6) is 1.33. The van der Waals surface area contributed by atoms with Crippen molar-refractivity contribution < 1.29 is 14.3 Å². The molecule has 32 heavy (non-hydrogen) atoms. The zero-order valence-corrected chi connectivity index (χ0v) is 18.5. The number of anilines is 1. The van der Waals surface area contributed by atoms with Crippen LogP contribution in [0.4, 0.5) is 5.69 Å². The average molecular weight is 484 g/mol. The number of rotatable bonds is 4. The predicted octanol–water partition coefficient (Wildman–Crippen LogP) is 6.89. The van der Waals surface area contributed by atoms with Crippen LogP contribution in [0.1, 0.15) is 11.3 Å². The monoisotopic (exact) mass is 483 g/mol. The van der Waals surface area contributed by atoms with Gasteiger partial charge in [-0.25, -0.2) is 0 Å². The minimum atomic E-state index is -0.156. The van der Waals surface area contributed by atoms with Crippen LogP contribution >= 0.6 is 15.9 Å². The van der Waals surface area contributed by atoms with Crippen molar-refractivity contribution in [1.82, 2.24) is 0 Å². The summed E-state index contributed by atoms with van der Waals surface area (Å²) in [6.07, 6.45) is 3.63. The van der Waals surface area contributed by atoms with Crippen LogP contribution in [0.25, 0.3) is 23.1 Å². The SMILES string of the molecule is O=C1C(=Cc2ccc(-c3ccc(Br)cc3)o2)C=C(c2ccccc2)N1c1ccc(O)cc1. The fourth-order valence-corrected chi connectivity index (χ4v) is 3.91. The van der Waals surface area contributed by atoms with Crippen molar-refractivity contribution in [3.8, 4) is 17.1 Å². The Kier molecular flexibility index (Phi) is 5.25. The molecule has 0 unspecified atom stereocenters. The van der Waals surface area contributed by atoms with E-state index in [9.17, 15) is 9.90 Å². The molecule has 1 aliphatic rings. The Bertz CT molecular complexity index is 1330. The van der Waals surface area contributed by atoms with Crippen LogP contribution in [0.15, 0.2) is 112 Å². The van der Waals surface area contributed by atoms with Crippen LogP contribution in [0.5, 0.6) is 5.75 Å². The number of phenolic OH excluding ortho intramolecular Hbond substituents is 1. The number of hydrogen-bond acceptors (Lipinski definition) is 3. The highest BCUT2D eigenvalue weighted by Gasteiger charge is 2.30. The molecule has 0 fully saturated rings. The first-order valence-corrected chi connectivity index (χ1v) is 10.9. The van der Waals surface area contributed by atoms with E-state index in [1.54, 1.807) is 35.2 Å². The molecule has 1 amide bonds. The average Bonchev–Trinajstić information content (AvgIpc) is 3.41. The van der Waals surface area contributed by atoms with Crippen molar-refractivity contribution in [2.45, 2.75) is 0 Å². The van der Waals surface area contributed by atoms with Gasteiger partial charge in [0.05, 0.1) is 5.70 Å². The van der Waals surface area contributed by atoms with Crippen LogP contribution in [0.3, 0.4) is 0 Å². The zero-order chi connectivity index (χ0) is 22.1. The van der Waals surface area contributed by atoms with E-state index in [0.29, 0.717) is 17.0 Å². The highest BCUT2D eigenvalue weighted by Crippen LogP contribution is 2.36. The molecule has 0 saturated carbocycles. The molecule has 5 heteroatoms. The van der Waals surface area contributed by atoms with Crippen LogP contribution in [0.2, 0.25) is 0 Å². The molecule has 4 aromatic rings. The van der Waals surface area contributed by atoms with Crippen LogP contribution < -0.4 is 4.90 Å². The smallest absolute Gasteiger partial charge is 0.263 e. The Morgan fingerprint density at radius 1 is 0.812 bits per heavy atom. The first-order valence-electron chi connectivity index (χ1n) is 10.1. The quantitative estimate of drug-likeness (QED) is 0.321. The van der Waals surface area contributed by atoms with Gasteiger partial charge < -0.3 is 9.52 Å². The van der Waals surface area contributed by atoms with Gasteiger partial charge in [0.2, 0.25) is 0 Å². The van der Waals surface area contributed by atoms with Gasteiger partial charge in [0.15, 0.2) is 0 Å². The van der Waals surface area contributed by atoms with E-state index in [2.05, 4.69) is 15.9 Å².